The molecular weight excluding hydrogens is 610 g/mol. The number of fused-ring (bicyclic) bond motifs is 3. The lowest BCUT2D eigenvalue weighted by atomic mass is 9.98. The molecule has 1 aliphatic carbocycles. The molecule has 2 aliphatic heterocycles. The quantitative estimate of drug-likeness (QED) is 0.271. The van der Waals surface area contributed by atoms with Gasteiger partial charge in [0.05, 0.1) is 37.7 Å². The molecule has 3 aliphatic rings. The van der Waals surface area contributed by atoms with Gasteiger partial charge in [-0.3, -0.25) is 14.5 Å². The summed E-state index contributed by atoms with van der Waals surface area (Å²) in [5, 5.41) is 18.4. The molecule has 0 unspecified atom stereocenters. The molecule has 0 radical (unpaired) electrons. The van der Waals surface area contributed by atoms with E-state index in [-0.39, 0.29) is 17.7 Å². The number of aromatic nitrogens is 6. The van der Waals surface area contributed by atoms with E-state index in [0.29, 0.717) is 51.6 Å². The lowest BCUT2D eigenvalue weighted by Crippen LogP contribution is -2.59. The Kier molecular flexibility index (Phi) is 7.82. The van der Waals surface area contributed by atoms with Gasteiger partial charge in [0.2, 0.25) is 0 Å². The van der Waals surface area contributed by atoms with Crippen LogP contribution in [0.5, 0.6) is 0 Å². The van der Waals surface area contributed by atoms with Gasteiger partial charge in [0.1, 0.15) is 29.2 Å². The Morgan fingerprint density at radius 3 is 2.65 bits per heavy atom. The minimum absolute atomic E-state index is 0.225. The number of hydrogen-bond donors (Lipinski definition) is 2. The van der Waals surface area contributed by atoms with Crippen molar-refractivity contribution in [1.29, 1.82) is 0 Å². The van der Waals surface area contributed by atoms with Gasteiger partial charge >= 0.3 is 0 Å². The molecule has 13 heteroatoms. The highest BCUT2D eigenvalue weighted by Crippen LogP contribution is 2.30. The average molecular weight is 650 g/mol. The van der Waals surface area contributed by atoms with Crippen molar-refractivity contribution in [2.45, 2.75) is 51.3 Å². The van der Waals surface area contributed by atoms with Crippen LogP contribution in [0.4, 0.5) is 17.2 Å². The molecule has 0 spiro atoms. The Labute approximate surface area is 277 Å². The number of anilines is 3. The van der Waals surface area contributed by atoms with E-state index in [1.54, 1.807) is 36.1 Å². The Hall–Kier alpha value is -4.85. The molecule has 8 rings (SSSR count). The first-order chi connectivity index (χ1) is 23.4. The number of nitrogens with zero attached hydrogens (tertiary/aromatic N) is 8. The van der Waals surface area contributed by atoms with Crippen LogP contribution in [0.1, 0.15) is 36.6 Å². The van der Waals surface area contributed by atoms with Gasteiger partial charge in [-0.1, -0.05) is 0 Å². The molecule has 0 saturated carbocycles. The summed E-state index contributed by atoms with van der Waals surface area (Å²) in [6, 6.07) is 10.2. The van der Waals surface area contributed by atoms with Crippen LogP contribution in [-0.4, -0.2) is 83.7 Å². The van der Waals surface area contributed by atoms with Crippen LogP contribution < -0.4 is 21.3 Å². The fourth-order valence-electron chi connectivity index (χ4n) is 7.36. The third kappa shape index (κ3) is 5.27. The number of ether oxygens (including phenoxy) is 1. The molecule has 5 aromatic rings. The van der Waals surface area contributed by atoms with E-state index in [2.05, 4.69) is 37.1 Å². The third-order valence-corrected chi connectivity index (χ3v) is 10.0. The molecule has 2 N–H and O–H groups in total. The van der Waals surface area contributed by atoms with Crippen LogP contribution in [0.15, 0.2) is 64.8 Å². The van der Waals surface area contributed by atoms with Crippen molar-refractivity contribution in [2.75, 3.05) is 43.1 Å². The van der Waals surface area contributed by atoms with Crippen molar-refractivity contribution in [3.05, 3.63) is 92.8 Å². The van der Waals surface area contributed by atoms with Gasteiger partial charge in [0.15, 0.2) is 0 Å². The van der Waals surface area contributed by atoms with Gasteiger partial charge in [0.25, 0.3) is 11.1 Å². The number of rotatable bonds is 7. The van der Waals surface area contributed by atoms with Crippen molar-refractivity contribution in [3.8, 4) is 16.9 Å². The summed E-state index contributed by atoms with van der Waals surface area (Å²) >= 11 is 0. The van der Waals surface area contributed by atoms with Gasteiger partial charge in [-0.25, -0.2) is 19.1 Å². The first-order valence-electron chi connectivity index (χ1n) is 16.6. The standard InChI is InChI=1S/C35H39N9O4/c1-22-16-41(26-19-48-20-26)11-12-42(22)25-7-8-32(37-15-25)39-29-13-24(17-40(2)34(29)46)27-9-10-36-33(28(27)18-45)43-21-38-44-30-6-4-3-5-23(30)14-31(44)35(43)47/h7-10,13-15,17,21-22,26,45H,3-6,11-12,16,18-20H2,1-2H3,(H,37,39)/t22-/m0/s1. The smallest absolute Gasteiger partial charge is 0.283 e. The fraction of sp³-hybridized carbons (Fsp3) is 0.400. The molecule has 48 heavy (non-hydrogen) atoms. The zero-order chi connectivity index (χ0) is 32.9. The molecular formula is C35H39N9O4. The molecule has 2 saturated heterocycles. The molecule has 7 heterocycles. The molecule has 1 atom stereocenters. The highest BCUT2D eigenvalue weighted by Gasteiger charge is 2.32. The van der Waals surface area contributed by atoms with Crippen molar-refractivity contribution in [2.24, 2.45) is 7.05 Å². The monoisotopic (exact) mass is 649 g/mol. The maximum atomic E-state index is 13.7. The lowest BCUT2D eigenvalue weighted by Gasteiger charge is -2.46. The highest BCUT2D eigenvalue weighted by molar-refractivity contribution is 5.73. The van der Waals surface area contributed by atoms with Gasteiger partial charge < -0.3 is 24.6 Å². The second kappa shape index (κ2) is 12.3. The van der Waals surface area contributed by atoms with Crippen molar-refractivity contribution in [3.63, 3.8) is 0 Å². The number of aryl methyl sites for hydroxylation is 3. The summed E-state index contributed by atoms with van der Waals surface area (Å²) in [6.07, 6.45) is 10.6. The molecule has 0 aromatic carbocycles. The van der Waals surface area contributed by atoms with Crippen LogP contribution >= 0.6 is 0 Å². The number of piperazine rings is 1. The topological polar surface area (TPSA) is 135 Å². The predicted molar refractivity (Wildman–Crippen MR) is 182 cm³/mol. The zero-order valence-corrected chi connectivity index (χ0v) is 27.2. The summed E-state index contributed by atoms with van der Waals surface area (Å²) < 4.78 is 10.0. The minimum Gasteiger partial charge on any atom is -0.392 e. The van der Waals surface area contributed by atoms with Crippen LogP contribution in [0.2, 0.25) is 0 Å². The molecule has 5 aromatic heterocycles. The first-order valence-corrected chi connectivity index (χ1v) is 16.6. The highest BCUT2D eigenvalue weighted by atomic mass is 16.5. The van der Waals surface area contributed by atoms with Crippen molar-refractivity contribution in [1.82, 2.24) is 33.6 Å². The van der Waals surface area contributed by atoms with E-state index in [1.807, 2.05) is 24.4 Å². The minimum atomic E-state index is -0.372. The third-order valence-electron chi connectivity index (χ3n) is 10.0. The zero-order valence-electron chi connectivity index (χ0n) is 27.2. The van der Waals surface area contributed by atoms with E-state index in [9.17, 15) is 14.7 Å². The van der Waals surface area contributed by atoms with Gasteiger partial charge in [-0.15, -0.1) is 0 Å². The van der Waals surface area contributed by atoms with Crippen LogP contribution in [0.3, 0.4) is 0 Å². The fourth-order valence-corrected chi connectivity index (χ4v) is 7.36. The molecule has 13 nitrogen and oxygen atoms in total. The first kappa shape index (κ1) is 30.5. The normalized spacial score (nSPS) is 18.6. The largest absolute Gasteiger partial charge is 0.392 e. The second-order valence-electron chi connectivity index (χ2n) is 13.1. The summed E-state index contributed by atoms with van der Waals surface area (Å²) in [6.45, 7) is 6.39. The average Bonchev–Trinajstić information content (AvgIpc) is 3.46. The summed E-state index contributed by atoms with van der Waals surface area (Å²) in [4.78, 5) is 41.0. The number of nitrogens with one attached hydrogen (secondary N) is 1. The Bertz CT molecular complexity index is 2120. The summed E-state index contributed by atoms with van der Waals surface area (Å²) in [7, 11) is 1.68. The maximum absolute atomic E-state index is 13.7. The van der Waals surface area contributed by atoms with E-state index in [0.717, 1.165) is 75.5 Å². The number of hydrogen-bond acceptors (Lipinski definition) is 10. The van der Waals surface area contributed by atoms with Crippen LogP contribution in [0, 0.1) is 0 Å². The Morgan fingerprint density at radius 1 is 1.04 bits per heavy atom. The van der Waals surface area contributed by atoms with Gasteiger partial charge in [-0.05, 0) is 74.1 Å². The lowest BCUT2D eigenvalue weighted by molar-refractivity contribution is -0.0691. The van der Waals surface area contributed by atoms with E-state index < -0.39 is 0 Å². The number of aliphatic hydroxyl groups is 1. The predicted octanol–water partition coefficient (Wildman–Crippen LogP) is 2.66. The van der Waals surface area contributed by atoms with E-state index >= 15 is 0 Å². The van der Waals surface area contributed by atoms with E-state index in [4.69, 9.17) is 4.74 Å². The SMILES string of the molecule is C[C@H]1CN(C2COC2)CCN1c1ccc(Nc2cc(-c3ccnc(-n4cnn5c6c(cc5c4=O)CCCC6)c3CO)cn(C)c2=O)nc1. The number of pyridine rings is 3. The maximum Gasteiger partial charge on any atom is 0.283 e. The van der Waals surface area contributed by atoms with Crippen LogP contribution in [0.25, 0.3) is 22.5 Å². The molecule has 0 bridgehead atoms. The number of aliphatic hydroxyl groups excluding tert-OH is 1. The van der Waals surface area contributed by atoms with Gasteiger partial charge in [0, 0.05) is 61.9 Å². The van der Waals surface area contributed by atoms with Crippen molar-refractivity contribution < 1.29 is 9.84 Å². The summed E-state index contributed by atoms with van der Waals surface area (Å²) in [5.74, 6) is 0.843. The molecule has 2 fully saturated rings. The van der Waals surface area contributed by atoms with Crippen LogP contribution in [-0.2, 0) is 31.2 Å². The Balaban J connectivity index is 1.08. The Morgan fingerprint density at radius 2 is 1.90 bits per heavy atom. The van der Waals surface area contributed by atoms with Crippen molar-refractivity contribution >= 4 is 22.7 Å². The molecule has 248 valence electrons. The molecule has 0 amide bonds. The summed E-state index contributed by atoms with van der Waals surface area (Å²) in [5.41, 5.74) is 5.42. The second-order valence-corrected chi connectivity index (χ2v) is 13.1. The van der Waals surface area contributed by atoms with Gasteiger partial charge in [-0.2, -0.15) is 5.10 Å². The van der Waals surface area contributed by atoms with E-state index in [1.165, 1.54) is 15.5 Å².